The fourth-order valence-electron chi connectivity index (χ4n) is 1.38. The van der Waals surface area contributed by atoms with Gasteiger partial charge in [0.25, 0.3) is 5.56 Å². The number of allylic oxidation sites excluding steroid dienone is 1. The highest BCUT2D eigenvalue weighted by Crippen LogP contribution is 2.15. The molecule has 0 saturated heterocycles. The van der Waals surface area contributed by atoms with Crippen LogP contribution in [0.3, 0.4) is 0 Å². The van der Waals surface area contributed by atoms with Crippen LogP contribution in [0.4, 0.5) is 5.69 Å². The van der Waals surface area contributed by atoms with E-state index < -0.39 is 0 Å². The van der Waals surface area contributed by atoms with Crippen LogP contribution in [0.15, 0.2) is 27.6 Å². The molecule has 0 aliphatic carbocycles. The van der Waals surface area contributed by atoms with Crippen LogP contribution in [0, 0.1) is 0 Å². The number of hydrogen-bond acceptors (Lipinski definition) is 4. The summed E-state index contributed by atoms with van der Waals surface area (Å²) >= 11 is 3.30. The first-order valence-electron chi connectivity index (χ1n) is 5.80. The predicted molar refractivity (Wildman–Crippen MR) is 76.0 cm³/mol. The Balaban J connectivity index is 2.71. The predicted octanol–water partition coefficient (Wildman–Crippen LogP) is 2.03. The minimum Gasteiger partial charge on any atom is -0.383 e. The molecule has 0 saturated carbocycles. The molecule has 0 radical (unpaired) electrons. The van der Waals surface area contributed by atoms with Gasteiger partial charge in [0.2, 0.25) is 0 Å². The maximum absolute atomic E-state index is 11.9. The molecular weight excluding hydrogens is 298 g/mol. The van der Waals surface area contributed by atoms with Gasteiger partial charge < -0.3 is 10.1 Å². The molecule has 1 aromatic rings. The summed E-state index contributed by atoms with van der Waals surface area (Å²) in [5.41, 5.74) is 0.571. The third-order valence-corrected chi connectivity index (χ3v) is 3.12. The number of nitrogens with zero attached hydrogens (tertiary/aromatic N) is 2. The summed E-state index contributed by atoms with van der Waals surface area (Å²) in [6.45, 7) is 3.67. The topological polar surface area (TPSA) is 56.1 Å². The number of anilines is 1. The molecule has 0 aromatic carbocycles. The van der Waals surface area contributed by atoms with Crippen LogP contribution < -0.4 is 10.9 Å². The van der Waals surface area contributed by atoms with Crippen molar-refractivity contribution in [1.82, 2.24) is 9.78 Å². The first kappa shape index (κ1) is 14.9. The van der Waals surface area contributed by atoms with Crippen molar-refractivity contribution in [2.75, 3.05) is 25.6 Å². The molecule has 1 rings (SSSR count). The highest BCUT2D eigenvalue weighted by Gasteiger charge is 2.07. The van der Waals surface area contributed by atoms with E-state index in [-0.39, 0.29) is 5.56 Å². The summed E-state index contributed by atoms with van der Waals surface area (Å²) in [6.07, 6.45) is 6.62. The highest BCUT2D eigenvalue weighted by molar-refractivity contribution is 9.10. The quantitative estimate of drug-likeness (QED) is 0.618. The maximum Gasteiger partial charge on any atom is 0.283 e. The molecule has 100 valence electrons. The fourth-order valence-corrected chi connectivity index (χ4v) is 1.83. The number of rotatable bonds is 7. The second-order valence-electron chi connectivity index (χ2n) is 3.68. The molecule has 0 spiro atoms. The Morgan fingerprint density at radius 1 is 1.61 bits per heavy atom. The Hall–Kier alpha value is -1.14. The monoisotopic (exact) mass is 315 g/mol. The summed E-state index contributed by atoms with van der Waals surface area (Å²) in [5, 5.41) is 7.26. The summed E-state index contributed by atoms with van der Waals surface area (Å²) in [7, 11) is 1.59. The first-order chi connectivity index (χ1) is 8.70. The van der Waals surface area contributed by atoms with Crippen LogP contribution in [0.25, 0.3) is 0 Å². The Morgan fingerprint density at radius 2 is 2.39 bits per heavy atom. The van der Waals surface area contributed by atoms with Crippen molar-refractivity contribution in [3.63, 3.8) is 0 Å². The average molecular weight is 316 g/mol. The van der Waals surface area contributed by atoms with Crippen LogP contribution >= 0.6 is 15.9 Å². The SMILES string of the molecule is C/C=C/CCNc1cnn(CCOC)c(=O)c1Br. The Labute approximate surface area is 115 Å². The largest absolute Gasteiger partial charge is 0.383 e. The number of nitrogens with one attached hydrogen (secondary N) is 1. The van der Waals surface area contributed by atoms with Gasteiger partial charge in [0.15, 0.2) is 0 Å². The minimum atomic E-state index is -0.150. The van der Waals surface area contributed by atoms with Gasteiger partial charge in [-0.15, -0.1) is 0 Å². The van der Waals surface area contributed by atoms with Gasteiger partial charge in [-0.1, -0.05) is 12.2 Å². The summed E-state index contributed by atoms with van der Waals surface area (Å²) in [5.74, 6) is 0. The van der Waals surface area contributed by atoms with Crippen LogP contribution in [-0.2, 0) is 11.3 Å². The molecule has 0 amide bonds. The minimum absolute atomic E-state index is 0.150. The van der Waals surface area contributed by atoms with Gasteiger partial charge in [0.05, 0.1) is 25.0 Å². The number of aromatic nitrogens is 2. The molecule has 1 N–H and O–H groups in total. The molecule has 0 aliphatic rings. The van der Waals surface area contributed by atoms with Crippen molar-refractivity contribution in [3.05, 3.63) is 33.2 Å². The summed E-state index contributed by atoms with van der Waals surface area (Å²) < 4.78 is 6.81. The van der Waals surface area contributed by atoms with Crippen LogP contribution in [0.1, 0.15) is 13.3 Å². The Bertz CT molecular complexity index is 457. The highest BCUT2D eigenvalue weighted by atomic mass is 79.9. The second kappa shape index (κ2) is 8.05. The molecule has 0 bridgehead atoms. The van der Waals surface area contributed by atoms with Gasteiger partial charge in [-0.05, 0) is 29.3 Å². The molecule has 5 nitrogen and oxygen atoms in total. The second-order valence-corrected chi connectivity index (χ2v) is 4.47. The first-order valence-corrected chi connectivity index (χ1v) is 6.59. The van der Waals surface area contributed by atoms with Gasteiger partial charge in [0.1, 0.15) is 4.47 Å². The van der Waals surface area contributed by atoms with E-state index in [9.17, 15) is 4.79 Å². The third kappa shape index (κ3) is 4.27. The zero-order chi connectivity index (χ0) is 13.4. The van der Waals surface area contributed by atoms with Gasteiger partial charge in [-0.2, -0.15) is 5.10 Å². The molecule has 1 aromatic heterocycles. The molecule has 0 aliphatic heterocycles. The molecule has 0 unspecified atom stereocenters. The number of halogens is 1. The number of methoxy groups -OCH3 is 1. The van der Waals surface area contributed by atoms with E-state index in [1.807, 2.05) is 13.0 Å². The van der Waals surface area contributed by atoms with E-state index >= 15 is 0 Å². The average Bonchev–Trinajstić information content (AvgIpc) is 2.38. The number of hydrogen-bond donors (Lipinski definition) is 1. The lowest BCUT2D eigenvalue weighted by Gasteiger charge is -2.09. The smallest absolute Gasteiger partial charge is 0.283 e. The van der Waals surface area contributed by atoms with Gasteiger partial charge in [0, 0.05) is 13.7 Å². The van der Waals surface area contributed by atoms with E-state index in [1.165, 1.54) is 4.68 Å². The van der Waals surface area contributed by atoms with E-state index in [0.29, 0.717) is 17.6 Å². The Morgan fingerprint density at radius 3 is 3.06 bits per heavy atom. The molecule has 18 heavy (non-hydrogen) atoms. The zero-order valence-electron chi connectivity index (χ0n) is 10.6. The lowest BCUT2D eigenvalue weighted by atomic mass is 10.3. The summed E-state index contributed by atoms with van der Waals surface area (Å²) in [4.78, 5) is 11.9. The van der Waals surface area contributed by atoms with Crippen molar-refractivity contribution in [1.29, 1.82) is 0 Å². The lowest BCUT2D eigenvalue weighted by molar-refractivity contribution is 0.181. The van der Waals surface area contributed by atoms with E-state index in [2.05, 4.69) is 32.4 Å². The molecule has 1 heterocycles. The molecule has 6 heteroatoms. The van der Waals surface area contributed by atoms with E-state index in [4.69, 9.17) is 4.74 Å². The van der Waals surface area contributed by atoms with Crippen LogP contribution in [0.2, 0.25) is 0 Å². The van der Waals surface area contributed by atoms with Gasteiger partial charge in [-0.25, -0.2) is 4.68 Å². The normalized spacial score (nSPS) is 11.1. The van der Waals surface area contributed by atoms with Crippen molar-refractivity contribution in [3.8, 4) is 0 Å². The third-order valence-electron chi connectivity index (χ3n) is 2.35. The van der Waals surface area contributed by atoms with Crippen LogP contribution in [0.5, 0.6) is 0 Å². The molecule has 0 atom stereocenters. The van der Waals surface area contributed by atoms with Crippen molar-refractivity contribution < 1.29 is 4.74 Å². The number of ether oxygens (including phenoxy) is 1. The van der Waals surface area contributed by atoms with Crippen molar-refractivity contribution in [2.24, 2.45) is 0 Å². The molecule has 0 fully saturated rings. The van der Waals surface area contributed by atoms with Gasteiger partial charge >= 0.3 is 0 Å². The van der Waals surface area contributed by atoms with E-state index in [1.54, 1.807) is 13.3 Å². The fraction of sp³-hybridized carbons (Fsp3) is 0.500. The Kier molecular flexibility index (Phi) is 6.67. The molecular formula is C12H18BrN3O2. The lowest BCUT2D eigenvalue weighted by Crippen LogP contribution is -2.26. The summed E-state index contributed by atoms with van der Waals surface area (Å²) in [6, 6.07) is 0. The standard InChI is InChI=1S/C12H18BrN3O2/c1-3-4-5-6-14-10-9-15-16(7-8-18-2)12(17)11(10)13/h3-4,9,14H,5-8H2,1-2H3/b4-3+. The maximum atomic E-state index is 11.9. The van der Waals surface area contributed by atoms with Crippen LogP contribution in [-0.4, -0.2) is 30.0 Å². The van der Waals surface area contributed by atoms with Crippen molar-refractivity contribution >= 4 is 21.6 Å². The van der Waals surface area contributed by atoms with Gasteiger partial charge in [-0.3, -0.25) is 4.79 Å². The van der Waals surface area contributed by atoms with E-state index in [0.717, 1.165) is 18.7 Å². The van der Waals surface area contributed by atoms with Crippen molar-refractivity contribution in [2.45, 2.75) is 19.9 Å². The zero-order valence-corrected chi connectivity index (χ0v) is 12.2.